The van der Waals surface area contributed by atoms with Gasteiger partial charge in [0, 0.05) is 25.2 Å². The summed E-state index contributed by atoms with van der Waals surface area (Å²) in [5, 5.41) is 16.6. The molecule has 0 spiro atoms. The van der Waals surface area contributed by atoms with Crippen molar-refractivity contribution >= 4 is 40.4 Å². The number of carbonyl (C=O) groups excluding carboxylic acids is 2. The van der Waals surface area contributed by atoms with Gasteiger partial charge in [0.15, 0.2) is 0 Å². The van der Waals surface area contributed by atoms with Gasteiger partial charge in [0.2, 0.25) is 11.8 Å². The molecule has 0 saturated carbocycles. The Hall–Kier alpha value is -3.96. The highest BCUT2D eigenvalue weighted by Crippen LogP contribution is 2.42. The number of fused-ring (bicyclic) bond motifs is 1. The summed E-state index contributed by atoms with van der Waals surface area (Å²) in [5.74, 6) is -0.238. The predicted octanol–water partition coefficient (Wildman–Crippen LogP) is 5.27. The topological polar surface area (TPSA) is 78.4 Å². The number of hydrogen-bond acceptors (Lipinski definition) is 3. The SMILES string of the molecule is CC(=O)Nc1ccc(/C=C2\C=C([C@H](O)c3ccc(NC(C)=O)cc3)c3ccccc32)cc1. The number of rotatable bonds is 5. The van der Waals surface area contributed by atoms with Crippen LogP contribution in [0.5, 0.6) is 0 Å². The van der Waals surface area contributed by atoms with Crippen molar-refractivity contribution in [2.75, 3.05) is 10.6 Å². The predicted molar refractivity (Wildman–Crippen MR) is 129 cm³/mol. The number of amides is 2. The molecule has 2 amide bonds. The maximum Gasteiger partial charge on any atom is 0.221 e. The summed E-state index contributed by atoms with van der Waals surface area (Å²) >= 11 is 0. The van der Waals surface area contributed by atoms with Crippen LogP contribution in [0.3, 0.4) is 0 Å². The first-order valence-corrected chi connectivity index (χ1v) is 10.4. The molecule has 1 aliphatic rings. The number of nitrogens with one attached hydrogen (secondary N) is 2. The van der Waals surface area contributed by atoms with E-state index >= 15 is 0 Å². The van der Waals surface area contributed by atoms with Crippen LogP contribution in [-0.2, 0) is 9.59 Å². The summed E-state index contributed by atoms with van der Waals surface area (Å²) in [6, 6.07) is 22.8. The normalized spacial score (nSPS) is 14.5. The Morgan fingerprint density at radius 1 is 0.781 bits per heavy atom. The largest absolute Gasteiger partial charge is 0.384 e. The Bertz CT molecular complexity index is 1220. The van der Waals surface area contributed by atoms with E-state index in [4.69, 9.17) is 0 Å². The lowest BCUT2D eigenvalue weighted by Gasteiger charge is -2.14. The van der Waals surface area contributed by atoms with Gasteiger partial charge in [-0.1, -0.05) is 48.5 Å². The van der Waals surface area contributed by atoms with E-state index in [1.165, 1.54) is 13.8 Å². The number of anilines is 2. The summed E-state index contributed by atoms with van der Waals surface area (Å²) in [4.78, 5) is 22.5. The second-order valence-corrected chi connectivity index (χ2v) is 7.75. The van der Waals surface area contributed by atoms with Gasteiger partial charge in [-0.25, -0.2) is 0 Å². The fraction of sp³-hybridized carbons (Fsp3) is 0.111. The van der Waals surface area contributed by atoms with E-state index in [-0.39, 0.29) is 11.8 Å². The molecular formula is C27H24N2O3. The molecule has 0 saturated heterocycles. The zero-order valence-corrected chi connectivity index (χ0v) is 17.9. The Morgan fingerprint density at radius 2 is 1.31 bits per heavy atom. The molecule has 0 aromatic heterocycles. The van der Waals surface area contributed by atoms with Gasteiger partial charge in [-0.2, -0.15) is 0 Å². The minimum absolute atomic E-state index is 0.104. The lowest BCUT2D eigenvalue weighted by atomic mass is 9.96. The van der Waals surface area contributed by atoms with Crippen molar-refractivity contribution in [1.82, 2.24) is 0 Å². The fourth-order valence-corrected chi connectivity index (χ4v) is 3.83. The Kier molecular flexibility index (Phi) is 6.01. The minimum Gasteiger partial charge on any atom is -0.384 e. The summed E-state index contributed by atoms with van der Waals surface area (Å²) in [5.41, 5.74) is 7.08. The van der Waals surface area contributed by atoms with Gasteiger partial charge >= 0.3 is 0 Å². The van der Waals surface area contributed by atoms with Crippen molar-refractivity contribution in [3.63, 3.8) is 0 Å². The number of hydrogen-bond donors (Lipinski definition) is 3. The summed E-state index contributed by atoms with van der Waals surface area (Å²) < 4.78 is 0. The van der Waals surface area contributed by atoms with E-state index in [1.807, 2.05) is 66.7 Å². The van der Waals surface area contributed by atoms with E-state index in [0.717, 1.165) is 39.1 Å². The lowest BCUT2D eigenvalue weighted by Crippen LogP contribution is -2.06. The molecule has 4 rings (SSSR count). The molecule has 0 unspecified atom stereocenters. The molecule has 0 fully saturated rings. The van der Waals surface area contributed by atoms with Gasteiger partial charge in [0.1, 0.15) is 6.10 Å². The van der Waals surface area contributed by atoms with Gasteiger partial charge < -0.3 is 15.7 Å². The molecular weight excluding hydrogens is 400 g/mol. The van der Waals surface area contributed by atoms with Gasteiger partial charge in [-0.3, -0.25) is 9.59 Å². The molecule has 3 aromatic carbocycles. The first kappa shape index (κ1) is 21.3. The van der Waals surface area contributed by atoms with Crippen LogP contribution >= 0.6 is 0 Å². The standard InChI is InChI=1S/C27H24N2O3/c1-17(30)28-22-11-7-19(8-12-22)15-21-16-26(25-6-4-3-5-24(21)25)27(32)20-9-13-23(14-10-20)29-18(2)31/h3-16,27,32H,1-2H3,(H,28,30)(H,29,31)/b21-15+/t27-/m1/s1. The first-order valence-electron chi connectivity index (χ1n) is 10.4. The molecule has 1 aliphatic carbocycles. The van der Waals surface area contributed by atoms with Crippen molar-refractivity contribution in [3.8, 4) is 0 Å². The number of carbonyl (C=O) groups is 2. The van der Waals surface area contributed by atoms with Gasteiger partial charge in [-0.05, 0) is 69.8 Å². The van der Waals surface area contributed by atoms with Crippen molar-refractivity contribution in [2.45, 2.75) is 20.0 Å². The molecule has 0 aliphatic heterocycles. The van der Waals surface area contributed by atoms with E-state index in [0.29, 0.717) is 5.69 Å². The number of allylic oxidation sites excluding steroid dienone is 2. The first-order chi connectivity index (χ1) is 15.4. The highest BCUT2D eigenvalue weighted by Gasteiger charge is 2.24. The van der Waals surface area contributed by atoms with Crippen LogP contribution in [0.2, 0.25) is 0 Å². The minimum atomic E-state index is -0.796. The summed E-state index contributed by atoms with van der Waals surface area (Å²) in [7, 11) is 0. The maximum absolute atomic E-state index is 11.2. The van der Waals surface area contributed by atoms with Crippen LogP contribution in [-0.4, -0.2) is 16.9 Å². The third kappa shape index (κ3) is 4.68. The monoisotopic (exact) mass is 424 g/mol. The van der Waals surface area contributed by atoms with Crippen LogP contribution in [0.25, 0.3) is 17.2 Å². The second kappa shape index (κ2) is 9.04. The average molecular weight is 425 g/mol. The highest BCUT2D eigenvalue weighted by atomic mass is 16.3. The Balaban J connectivity index is 1.64. The van der Waals surface area contributed by atoms with Crippen molar-refractivity contribution in [3.05, 3.63) is 101 Å². The molecule has 0 heterocycles. The van der Waals surface area contributed by atoms with Crippen LogP contribution in [0.4, 0.5) is 11.4 Å². The molecule has 3 N–H and O–H groups in total. The van der Waals surface area contributed by atoms with Crippen LogP contribution in [0, 0.1) is 0 Å². The average Bonchev–Trinajstić information content (AvgIpc) is 3.13. The molecule has 0 radical (unpaired) electrons. The zero-order chi connectivity index (χ0) is 22.7. The van der Waals surface area contributed by atoms with E-state index in [2.05, 4.69) is 16.7 Å². The van der Waals surface area contributed by atoms with E-state index < -0.39 is 6.10 Å². The van der Waals surface area contributed by atoms with E-state index in [9.17, 15) is 14.7 Å². The lowest BCUT2D eigenvalue weighted by molar-refractivity contribution is -0.115. The smallest absolute Gasteiger partial charge is 0.221 e. The van der Waals surface area contributed by atoms with Crippen molar-refractivity contribution < 1.29 is 14.7 Å². The number of benzene rings is 3. The molecule has 32 heavy (non-hydrogen) atoms. The van der Waals surface area contributed by atoms with Gasteiger partial charge in [-0.15, -0.1) is 0 Å². The zero-order valence-electron chi connectivity index (χ0n) is 17.9. The maximum atomic E-state index is 11.2. The van der Waals surface area contributed by atoms with E-state index in [1.54, 1.807) is 12.1 Å². The molecule has 0 bridgehead atoms. The Labute approximate surface area is 187 Å². The highest BCUT2D eigenvalue weighted by molar-refractivity contribution is 6.02. The van der Waals surface area contributed by atoms with Crippen LogP contribution < -0.4 is 10.6 Å². The molecule has 5 nitrogen and oxygen atoms in total. The molecule has 160 valence electrons. The van der Waals surface area contributed by atoms with Crippen molar-refractivity contribution in [1.29, 1.82) is 0 Å². The summed E-state index contributed by atoms with van der Waals surface area (Å²) in [6.07, 6.45) is 3.28. The molecule has 1 atom stereocenters. The molecule has 3 aromatic rings. The molecule has 5 heteroatoms. The number of aliphatic hydroxyl groups excluding tert-OH is 1. The van der Waals surface area contributed by atoms with Crippen LogP contribution in [0.1, 0.15) is 42.2 Å². The van der Waals surface area contributed by atoms with Crippen molar-refractivity contribution in [2.24, 2.45) is 0 Å². The second-order valence-electron chi connectivity index (χ2n) is 7.75. The van der Waals surface area contributed by atoms with Gasteiger partial charge in [0.05, 0.1) is 0 Å². The fourth-order valence-electron chi connectivity index (χ4n) is 3.83. The van der Waals surface area contributed by atoms with Crippen LogP contribution in [0.15, 0.2) is 78.9 Å². The third-order valence-corrected chi connectivity index (χ3v) is 5.25. The Morgan fingerprint density at radius 3 is 1.88 bits per heavy atom. The van der Waals surface area contributed by atoms with Gasteiger partial charge in [0.25, 0.3) is 0 Å². The third-order valence-electron chi connectivity index (χ3n) is 5.25. The quantitative estimate of drug-likeness (QED) is 0.522. The summed E-state index contributed by atoms with van der Waals surface area (Å²) in [6.45, 7) is 2.95. The number of aliphatic hydroxyl groups is 1.